The number of hydrogen-bond donors (Lipinski definition) is 1. The summed E-state index contributed by atoms with van der Waals surface area (Å²) in [6.07, 6.45) is 0.808. The Morgan fingerprint density at radius 2 is 1.81 bits per heavy atom. The molecule has 4 nitrogen and oxygen atoms in total. The fourth-order valence-corrected chi connectivity index (χ4v) is 2.49. The number of carbonyl (C=O) groups excluding carboxylic acids is 2. The fraction of sp³-hybridized carbons (Fsp3) is 0.0588. The zero-order valence-corrected chi connectivity index (χ0v) is 11.4. The van der Waals surface area contributed by atoms with Gasteiger partial charge in [-0.2, -0.15) is 0 Å². The van der Waals surface area contributed by atoms with Crippen molar-refractivity contribution in [3.8, 4) is 11.3 Å². The van der Waals surface area contributed by atoms with E-state index < -0.39 is 5.97 Å². The molecule has 104 valence electrons. The number of methoxy groups -OCH3 is 1. The lowest BCUT2D eigenvalue weighted by Crippen LogP contribution is -2.04. The first-order valence-corrected chi connectivity index (χ1v) is 6.50. The lowest BCUT2D eigenvalue weighted by molar-refractivity contribution is 0.0601. The van der Waals surface area contributed by atoms with E-state index in [2.05, 4.69) is 4.98 Å². The average molecular weight is 279 g/mol. The predicted octanol–water partition coefficient (Wildman–Crippen LogP) is 3.43. The molecule has 1 aromatic heterocycles. The number of aromatic nitrogens is 1. The second kappa shape index (κ2) is 5.25. The zero-order chi connectivity index (χ0) is 14.8. The first-order valence-electron chi connectivity index (χ1n) is 6.50. The molecule has 4 heteroatoms. The number of hydrogen-bond acceptors (Lipinski definition) is 3. The molecule has 0 saturated carbocycles. The summed E-state index contributed by atoms with van der Waals surface area (Å²) in [5.74, 6) is -0.430. The molecule has 1 N–H and O–H groups in total. The number of esters is 1. The summed E-state index contributed by atoms with van der Waals surface area (Å²) in [6, 6.07) is 14.6. The van der Waals surface area contributed by atoms with Crippen molar-refractivity contribution in [2.45, 2.75) is 0 Å². The number of ether oxygens (including phenoxy) is 1. The van der Waals surface area contributed by atoms with Crippen LogP contribution >= 0.6 is 0 Å². The van der Waals surface area contributed by atoms with Crippen molar-refractivity contribution in [3.63, 3.8) is 0 Å². The molecule has 0 aliphatic carbocycles. The van der Waals surface area contributed by atoms with Crippen LogP contribution in [0.2, 0.25) is 0 Å². The first-order chi connectivity index (χ1) is 10.3. The van der Waals surface area contributed by atoms with Gasteiger partial charge < -0.3 is 9.72 Å². The van der Waals surface area contributed by atoms with Crippen LogP contribution in [0, 0.1) is 0 Å². The van der Waals surface area contributed by atoms with Crippen molar-refractivity contribution in [3.05, 3.63) is 59.7 Å². The summed E-state index contributed by atoms with van der Waals surface area (Å²) in [7, 11) is 1.34. The van der Waals surface area contributed by atoms with Crippen LogP contribution in [0.4, 0.5) is 0 Å². The van der Waals surface area contributed by atoms with Crippen molar-refractivity contribution in [1.29, 1.82) is 0 Å². The monoisotopic (exact) mass is 279 g/mol. The third kappa shape index (κ3) is 2.10. The number of aromatic amines is 1. The maximum Gasteiger partial charge on any atom is 0.338 e. The van der Waals surface area contributed by atoms with Gasteiger partial charge in [0.15, 0.2) is 6.29 Å². The van der Waals surface area contributed by atoms with Gasteiger partial charge in [0.1, 0.15) is 0 Å². The number of aldehydes is 1. The van der Waals surface area contributed by atoms with Crippen LogP contribution in [0.1, 0.15) is 20.7 Å². The van der Waals surface area contributed by atoms with E-state index in [1.54, 1.807) is 18.2 Å². The van der Waals surface area contributed by atoms with E-state index in [-0.39, 0.29) is 0 Å². The van der Waals surface area contributed by atoms with Crippen molar-refractivity contribution >= 4 is 23.2 Å². The Kier molecular flexibility index (Phi) is 3.28. The summed E-state index contributed by atoms with van der Waals surface area (Å²) in [5, 5.41) is 0.835. The highest BCUT2D eigenvalue weighted by atomic mass is 16.5. The minimum Gasteiger partial charge on any atom is -0.465 e. The van der Waals surface area contributed by atoms with Crippen molar-refractivity contribution in [1.82, 2.24) is 4.98 Å². The molecule has 2 aromatic carbocycles. The number of para-hydroxylation sites is 1. The lowest BCUT2D eigenvalue weighted by Gasteiger charge is -2.06. The van der Waals surface area contributed by atoms with Gasteiger partial charge in [-0.1, -0.05) is 36.4 Å². The fourth-order valence-electron chi connectivity index (χ4n) is 2.49. The minimum absolute atomic E-state index is 0.426. The highest BCUT2D eigenvalue weighted by Crippen LogP contribution is 2.31. The Morgan fingerprint density at radius 1 is 1.10 bits per heavy atom. The molecule has 0 radical (unpaired) electrons. The maximum absolute atomic E-state index is 11.9. The van der Waals surface area contributed by atoms with Crippen LogP contribution in [-0.4, -0.2) is 24.3 Å². The number of H-pyrrole nitrogens is 1. The largest absolute Gasteiger partial charge is 0.465 e. The molecule has 1 heterocycles. The third-order valence-electron chi connectivity index (χ3n) is 3.47. The van der Waals surface area contributed by atoms with Gasteiger partial charge in [-0.15, -0.1) is 0 Å². The molecule has 0 atom stereocenters. The summed E-state index contributed by atoms with van der Waals surface area (Å²) in [4.78, 5) is 26.6. The summed E-state index contributed by atoms with van der Waals surface area (Å²) >= 11 is 0. The van der Waals surface area contributed by atoms with E-state index in [0.29, 0.717) is 22.4 Å². The number of fused-ring (bicyclic) bond motifs is 1. The van der Waals surface area contributed by atoms with Crippen LogP contribution in [0.5, 0.6) is 0 Å². The van der Waals surface area contributed by atoms with Crippen LogP contribution in [0.3, 0.4) is 0 Å². The highest BCUT2D eigenvalue weighted by Gasteiger charge is 2.18. The number of benzene rings is 2. The zero-order valence-electron chi connectivity index (χ0n) is 11.4. The number of nitrogens with one attached hydrogen (secondary N) is 1. The summed E-state index contributed by atoms with van der Waals surface area (Å²) in [5.41, 5.74) is 3.11. The topological polar surface area (TPSA) is 59.2 Å². The molecule has 0 fully saturated rings. The molecule has 0 amide bonds. The lowest BCUT2D eigenvalue weighted by atomic mass is 10.0. The van der Waals surface area contributed by atoms with Gasteiger partial charge in [-0.3, -0.25) is 4.79 Å². The van der Waals surface area contributed by atoms with Crippen LogP contribution in [0.15, 0.2) is 48.5 Å². The second-order valence-electron chi connectivity index (χ2n) is 4.61. The van der Waals surface area contributed by atoms with E-state index in [4.69, 9.17) is 4.74 Å². The Bertz CT molecular complexity index is 833. The quantitative estimate of drug-likeness (QED) is 0.590. The Labute approximate surface area is 121 Å². The van der Waals surface area contributed by atoms with Crippen LogP contribution < -0.4 is 0 Å². The summed E-state index contributed by atoms with van der Waals surface area (Å²) < 4.78 is 4.80. The predicted molar refractivity (Wildman–Crippen MR) is 80.5 cm³/mol. The smallest absolute Gasteiger partial charge is 0.338 e. The Morgan fingerprint density at radius 3 is 2.57 bits per heavy atom. The van der Waals surface area contributed by atoms with Gasteiger partial charge in [-0.05, 0) is 12.1 Å². The van der Waals surface area contributed by atoms with Crippen LogP contribution in [-0.2, 0) is 4.74 Å². The Balaban J connectivity index is 2.31. The molecule has 3 aromatic rings. The standard InChI is InChI=1S/C17H13NO3/c1-21-17(20)13-8-3-2-7-12(13)16-14(10-19)11-6-4-5-9-15(11)18-16/h2-10,18H,1H3. The van der Waals surface area contributed by atoms with Gasteiger partial charge in [0.2, 0.25) is 0 Å². The van der Waals surface area contributed by atoms with Gasteiger partial charge in [0, 0.05) is 22.0 Å². The van der Waals surface area contributed by atoms with Crippen molar-refractivity contribution in [2.24, 2.45) is 0 Å². The summed E-state index contributed by atoms with van der Waals surface area (Å²) in [6.45, 7) is 0. The SMILES string of the molecule is COC(=O)c1ccccc1-c1[nH]c2ccccc2c1C=O. The van der Waals surface area contributed by atoms with Gasteiger partial charge in [-0.25, -0.2) is 4.79 Å². The molecule has 0 saturated heterocycles. The van der Waals surface area contributed by atoms with Gasteiger partial charge in [0.05, 0.1) is 18.4 Å². The van der Waals surface area contributed by atoms with E-state index >= 15 is 0 Å². The number of carbonyl (C=O) groups is 2. The molecule has 0 bridgehead atoms. The molecular weight excluding hydrogens is 266 g/mol. The molecule has 0 spiro atoms. The molecule has 0 aliphatic heterocycles. The molecule has 21 heavy (non-hydrogen) atoms. The highest BCUT2D eigenvalue weighted by molar-refractivity contribution is 6.07. The van der Waals surface area contributed by atoms with E-state index in [1.807, 2.05) is 30.3 Å². The molecule has 0 unspecified atom stereocenters. The third-order valence-corrected chi connectivity index (χ3v) is 3.47. The van der Waals surface area contributed by atoms with Crippen LogP contribution in [0.25, 0.3) is 22.2 Å². The van der Waals surface area contributed by atoms with Crippen molar-refractivity contribution < 1.29 is 14.3 Å². The molecule has 0 aliphatic rings. The van der Waals surface area contributed by atoms with E-state index in [1.165, 1.54) is 7.11 Å². The van der Waals surface area contributed by atoms with E-state index in [0.717, 1.165) is 17.2 Å². The molecular formula is C17H13NO3. The first kappa shape index (κ1) is 13.1. The van der Waals surface area contributed by atoms with Gasteiger partial charge in [0.25, 0.3) is 0 Å². The van der Waals surface area contributed by atoms with E-state index in [9.17, 15) is 9.59 Å². The normalized spacial score (nSPS) is 10.5. The Hall–Kier alpha value is -2.88. The minimum atomic E-state index is -0.430. The number of rotatable bonds is 3. The average Bonchev–Trinajstić information content (AvgIpc) is 2.92. The maximum atomic E-state index is 11.9. The van der Waals surface area contributed by atoms with Gasteiger partial charge >= 0.3 is 5.97 Å². The second-order valence-corrected chi connectivity index (χ2v) is 4.61. The molecule has 3 rings (SSSR count). The van der Waals surface area contributed by atoms with Crippen molar-refractivity contribution in [2.75, 3.05) is 7.11 Å².